The maximum absolute atomic E-state index is 12.5. The van der Waals surface area contributed by atoms with E-state index in [1.165, 1.54) is 41.3 Å². The standard InChI is InChI=1S/C21H24N2O5S/c1-23(21(26)13-7-15-6-12-19(24)20(25)14-15)17-8-10-18(11-9-17)29(27,28)22-16-4-2-3-5-16/h6-14,16,22,24-25H,2-5H2,1H3/b13-7+. The number of anilines is 1. The molecular weight excluding hydrogens is 392 g/mol. The first-order valence-electron chi connectivity index (χ1n) is 9.36. The lowest BCUT2D eigenvalue weighted by atomic mass is 10.2. The lowest BCUT2D eigenvalue weighted by Gasteiger charge is -2.17. The minimum Gasteiger partial charge on any atom is -0.504 e. The van der Waals surface area contributed by atoms with Gasteiger partial charge in [-0.1, -0.05) is 18.9 Å². The number of phenols is 2. The molecule has 1 aliphatic rings. The molecule has 0 spiro atoms. The van der Waals surface area contributed by atoms with Gasteiger partial charge in [0.05, 0.1) is 4.90 Å². The Bertz CT molecular complexity index is 1010. The molecular formula is C21H24N2O5S. The van der Waals surface area contributed by atoms with Crippen LogP contribution in [-0.4, -0.2) is 37.6 Å². The van der Waals surface area contributed by atoms with Crippen molar-refractivity contribution in [3.05, 3.63) is 54.1 Å². The molecule has 154 valence electrons. The van der Waals surface area contributed by atoms with Crippen LogP contribution in [0.2, 0.25) is 0 Å². The molecule has 29 heavy (non-hydrogen) atoms. The van der Waals surface area contributed by atoms with E-state index in [0.29, 0.717) is 11.3 Å². The minimum atomic E-state index is -3.57. The summed E-state index contributed by atoms with van der Waals surface area (Å²) in [5.41, 5.74) is 1.11. The van der Waals surface area contributed by atoms with Crippen LogP contribution >= 0.6 is 0 Å². The molecule has 2 aromatic carbocycles. The molecule has 2 aromatic rings. The largest absolute Gasteiger partial charge is 0.504 e. The van der Waals surface area contributed by atoms with Crippen molar-refractivity contribution in [1.82, 2.24) is 4.72 Å². The number of likely N-dealkylation sites (N-methyl/N-ethyl adjacent to an activating group) is 1. The van der Waals surface area contributed by atoms with E-state index in [9.17, 15) is 23.4 Å². The van der Waals surface area contributed by atoms with Crippen molar-refractivity contribution in [1.29, 1.82) is 0 Å². The molecule has 0 radical (unpaired) electrons. The molecule has 0 bridgehead atoms. The summed E-state index contributed by atoms with van der Waals surface area (Å²) >= 11 is 0. The van der Waals surface area contributed by atoms with Gasteiger partial charge in [-0.2, -0.15) is 0 Å². The normalized spacial score (nSPS) is 15.1. The Morgan fingerprint density at radius 1 is 1.07 bits per heavy atom. The predicted octanol–water partition coefficient (Wildman–Crippen LogP) is 2.99. The van der Waals surface area contributed by atoms with Gasteiger partial charge in [-0.3, -0.25) is 4.79 Å². The van der Waals surface area contributed by atoms with Crippen LogP contribution in [0.1, 0.15) is 31.2 Å². The highest BCUT2D eigenvalue weighted by atomic mass is 32.2. The van der Waals surface area contributed by atoms with Crippen molar-refractivity contribution in [3.63, 3.8) is 0 Å². The Hall–Kier alpha value is -2.84. The molecule has 0 saturated heterocycles. The lowest BCUT2D eigenvalue weighted by Crippen LogP contribution is -2.32. The van der Waals surface area contributed by atoms with Gasteiger partial charge in [-0.25, -0.2) is 13.1 Å². The highest BCUT2D eigenvalue weighted by Crippen LogP contribution is 2.26. The number of hydrogen-bond acceptors (Lipinski definition) is 5. The van der Waals surface area contributed by atoms with Gasteiger partial charge < -0.3 is 15.1 Å². The summed E-state index contributed by atoms with van der Waals surface area (Å²) in [6, 6.07) is 10.4. The summed E-state index contributed by atoms with van der Waals surface area (Å²) in [5.74, 6) is -0.823. The second-order valence-corrected chi connectivity index (χ2v) is 8.79. The van der Waals surface area contributed by atoms with Gasteiger partial charge in [0.1, 0.15) is 0 Å². The van der Waals surface area contributed by atoms with Crippen LogP contribution in [0.25, 0.3) is 6.08 Å². The Morgan fingerprint density at radius 2 is 1.72 bits per heavy atom. The van der Waals surface area contributed by atoms with Gasteiger partial charge in [0, 0.05) is 24.9 Å². The van der Waals surface area contributed by atoms with E-state index in [1.54, 1.807) is 25.2 Å². The number of nitrogens with zero attached hydrogens (tertiary/aromatic N) is 1. The van der Waals surface area contributed by atoms with Crippen molar-refractivity contribution in [2.24, 2.45) is 0 Å². The van der Waals surface area contributed by atoms with Crippen LogP contribution in [-0.2, 0) is 14.8 Å². The molecule has 0 atom stereocenters. The van der Waals surface area contributed by atoms with Crippen LogP contribution in [0.4, 0.5) is 5.69 Å². The fourth-order valence-corrected chi connectivity index (χ4v) is 4.54. The number of sulfonamides is 1. The monoisotopic (exact) mass is 416 g/mol. The lowest BCUT2D eigenvalue weighted by molar-refractivity contribution is -0.113. The van der Waals surface area contributed by atoms with E-state index >= 15 is 0 Å². The summed E-state index contributed by atoms with van der Waals surface area (Å²) in [6.07, 6.45) is 6.65. The summed E-state index contributed by atoms with van der Waals surface area (Å²) in [6.45, 7) is 0. The van der Waals surface area contributed by atoms with Crippen molar-refractivity contribution in [2.75, 3.05) is 11.9 Å². The van der Waals surface area contributed by atoms with E-state index in [0.717, 1.165) is 25.7 Å². The number of rotatable bonds is 6. The van der Waals surface area contributed by atoms with Gasteiger partial charge in [0.15, 0.2) is 11.5 Å². The second kappa shape index (κ2) is 8.67. The maximum atomic E-state index is 12.5. The van der Waals surface area contributed by atoms with Gasteiger partial charge >= 0.3 is 0 Å². The maximum Gasteiger partial charge on any atom is 0.250 e. The number of aromatic hydroxyl groups is 2. The summed E-state index contributed by atoms with van der Waals surface area (Å²) in [7, 11) is -1.99. The van der Waals surface area contributed by atoms with Crippen LogP contribution < -0.4 is 9.62 Å². The SMILES string of the molecule is CN(C(=O)/C=C/c1ccc(O)c(O)c1)c1ccc(S(=O)(=O)NC2CCCC2)cc1. The number of carbonyl (C=O) groups excluding carboxylic acids is 1. The first kappa shape index (κ1) is 20.9. The number of hydrogen-bond donors (Lipinski definition) is 3. The van der Waals surface area contributed by atoms with Crippen LogP contribution in [0.3, 0.4) is 0 Å². The molecule has 0 unspecified atom stereocenters. The summed E-state index contributed by atoms with van der Waals surface area (Å²) in [4.78, 5) is 13.9. The van der Waals surface area contributed by atoms with E-state index in [2.05, 4.69) is 4.72 Å². The molecule has 7 nitrogen and oxygen atoms in total. The van der Waals surface area contributed by atoms with E-state index in [-0.39, 0.29) is 28.3 Å². The quantitative estimate of drug-likeness (QED) is 0.496. The van der Waals surface area contributed by atoms with Crippen molar-refractivity contribution >= 4 is 27.7 Å². The summed E-state index contributed by atoms with van der Waals surface area (Å²) in [5, 5.41) is 18.8. The molecule has 8 heteroatoms. The smallest absolute Gasteiger partial charge is 0.250 e. The van der Waals surface area contributed by atoms with E-state index in [1.807, 2.05) is 0 Å². The average molecular weight is 416 g/mol. The number of amides is 1. The van der Waals surface area contributed by atoms with E-state index < -0.39 is 10.0 Å². The highest BCUT2D eigenvalue weighted by molar-refractivity contribution is 7.89. The third-order valence-corrected chi connectivity index (χ3v) is 6.50. The molecule has 0 aliphatic heterocycles. The molecule has 1 fully saturated rings. The predicted molar refractivity (Wildman–Crippen MR) is 111 cm³/mol. The molecule has 3 rings (SSSR count). The van der Waals surface area contributed by atoms with E-state index in [4.69, 9.17) is 0 Å². The fraction of sp³-hybridized carbons (Fsp3) is 0.286. The first-order valence-corrected chi connectivity index (χ1v) is 10.8. The molecule has 1 saturated carbocycles. The third-order valence-electron chi connectivity index (χ3n) is 4.96. The fourth-order valence-electron chi connectivity index (χ4n) is 3.23. The van der Waals surface area contributed by atoms with Gasteiger partial charge in [-0.15, -0.1) is 0 Å². The second-order valence-electron chi connectivity index (χ2n) is 7.08. The van der Waals surface area contributed by atoms with Crippen molar-refractivity contribution in [3.8, 4) is 11.5 Å². The molecule has 0 aromatic heterocycles. The minimum absolute atomic E-state index is 0.00611. The van der Waals surface area contributed by atoms with Crippen molar-refractivity contribution < 1.29 is 23.4 Å². The summed E-state index contributed by atoms with van der Waals surface area (Å²) < 4.78 is 27.7. The molecule has 0 heterocycles. The number of nitrogens with one attached hydrogen (secondary N) is 1. The number of benzene rings is 2. The van der Waals surface area contributed by atoms with Gasteiger partial charge in [0.2, 0.25) is 10.0 Å². The van der Waals surface area contributed by atoms with Gasteiger partial charge in [-0.05, 0) is 60.9 Å². The Morgan fingerprint density at radius 3 is 2.34 bits per heavy atom. The topological polar surface area (TPSA) is 107 Å². The van der Waals surface area contributed by atoms with Crippen LogP contribution in [0.15, 0.2) is 53.4 Å². The zero-order chi connectivity index (χ0) is 21.0. The molecule has 1 aliphatic carbocycles. The van der Waals surface area contributed by atoms with Crippen LogP contribution in [0, 0.1) is 0 Å². The first-order chi connectivity index (χ1) is 13.8. The Balaban J connectivity index is 1.67. The highest BCUT2D eigenvalue weighted by Gasteiger charge is 2.23. The Kier molecular flexibility index (Phi) is 6.24. The average Bonchev–Trinajstić information content (AvgIpc) is 3.20. The van der Waals surface area contributed by atoms with Crippen molar-refractivity contribution in [2.45, 2.75) is 36.6 Å². The number of phenolic OH excluding ortho intramolecular Hbond substituents is 2. The van der Waals surface area contributed by atoms with Gasteiger partial charge in [0.25, 0.3) is 5.91 Å². The van der Waals surface area contributed by atoms with Crippen LogP contribution in [0.5, 0.6) is 11.5 Å². The number of carbonyl (C=O) groups is 1. The molecule has 3 N–H and O–H groups in total. The zero-order valence-electron chi connectivity index (χ0n) is 16.1. The zero-order valence-corrected chi connectivity index (χ0v) is 16.9. The Labute approximate surface area is 170 Å². The third kappa shape index (κ3) is 5.16. The molecule has 1 amide bonds.